The van der Waals surface area contributed by atoms with Crippen LogP contribution in [0, 0.1) is 12.2 Å². The summed E-state index contributed by atoms with van der Waals surface area (Å²) in [6.45, 7) is 5.36. The van der Waals surface area contributed by atoms with Gasteiger partial charge in [0.25, 0.3) is 0 Å². The van der Waals surface area contributed by atoms with E-state index in [2.05, 4.69) is 11.2 Å². The molecule has 1 N–H and O–H groups in total. The Hall–Kier alpha value is 0.230. The monoisotopic (exact) mass is 246 g/mol. The van der Waals surface area contributed by atoms with Crippen LogP contribution in [0.4, 0.5) is 0 Å². The molecule has 1 fully saturated rings. The van der Waals surface area contributed by atoms with Crippen molar-refractivity contribution in [3.63, 3.8) is 0 Å². The largest absolute Gasteiger partial charge is 0.396 e. The van der Waals surface area contributed by atoms with Gasteiger partial charge >= 0.3 is 0 Å². The molecule has 0 spiro atoms. The molecule has 1 radical (unpaired) electrons. The summed E-state index contributed by atoms with van der Waals surface area (Å²) in [6.07, 6.45) is 7.17. The molecule has 0 aromatic carbocycles. The van der Waals surface area contributed by atoms with Crippen molar-refractivity contribution in [2.24, 2.45) is 5.92 Å². The molecule has 0 aromatic heterocycles. The summed E-state index contributed by atoms with van der Waals surface area (Å²) in [5, 5.41) is 9.23. The zero-order valence-corrected chi connectivity index (χ0v) is 10.9. The molecule has 3 nitrogen and oxygen atoms in total. The third kappa shape index (κ3) is 6.09. The summed E-state index contributed by atoms with van der Waals surface area (Å²) in [5.41, 5.74) is 0. The van der Waals surface area contributed by atoms with Gasteiger partial charge in [-0.05, 0) is 37.5 Å². The van der Waals surface area contributed by atoms with E-state index >= 15 is 0 Å². The molecule has 0 aliphatic carbocycles. The van der Waals surface area contributed by atoms with Crippen LogP contribution in [-0.2, 0) is 4.74 Å². The summed E-state index contributed by atoms with van der Waals surface area (Å²) in [4.78, 5) is 2.45. The van der Waals surface area contributed by atoms with Crippen LogP contribution in [0.3, 0.4) is 0 Å². The minimum absolute atomic E-state index is 0.323. The molecule has 0 unspecified atom stereocenters. The number of aliphatic hydroxyl groups is 1. The van der Waals surface area contributed by atoms with Crippen molar-refractivity contribution in [2.75, 3.05) is 45.2 Å². The van der Waals surface area contributed by atoms with Gasteiger partial charge < -0.3 is 9.84 Å². The maximum atomic E-state index is 9.23. The minimum atomic E-state index is 0.323. The summed E-state index contributed by atoms with van der Waals surface area (Å²) >= 11 is 1.62. The maximum absolute atomic E-state index is 9.23. The Morgan fingerprint density at radius 2 is 2.06 bits per heavy atom. The molecule has 0 amide bonds. The topological polar surface area (TPSA) is 32.7 Å². The highest BCUT2D eigenvalue weighted by Gasteiger charge is 2.11. The lowest BCUT2D eigenvalue weighted by molar-refractivity contribution is 0.0362. The van der Waals surface area contributed by atoms with E-state index in [1.54, 1.807) is 11.8 Å². The van der Waals surface area contributed by atoms with E-state index in [0.29, 0.717) is 12.5 Å². The van der Waals surface area contributed by atoms with Crippen LogP contribution in [-0.4, -0.2) is 55.2 Å². The first kappa shape index (κ1) is 14.3. The van der Waals surface area contributed by atoms with Gasteiger partial charge in [0.1, 0.15) is 0 Å². The van der Waals surface area contributed by atoms with E-state index in [0.717, 1.165) is 51.4 Å². The summed E-state index contributed by atoms with van der Waals surface area (Å²) in [5.74, 6) is 1.53. The van der Waals surface area contributed by atoms with Gasteiger partial charge in [-0.1, -0.05) is 0 Å². The van der Waals surface area contributed by atoms with Crippen LogP contribution in [0.15, 0.2) is 0 Å². The fourth-order valence-corrected chi connectivity index (χ4v) is 2.51. The van der Waals surface area contributed by atoms with Crippen molar-refractivity contribution in [3.8, 4) is 0 Å². The Morgan fingerprint density at radius 1 is 1.31 bits per heavy atom. The lowest BCUT2D eigenvalue weighted by Gasteiger charge is -2.27. The smallest absolute Gasteiger partial charge is 0.0594 e. The Morgan fingerprint density at radius 3 is 2.69 bits per heavy atom. The fourth-order valence-electron chi connectivity index (χ4n) is 2.01. The number of hydrogen-bond donors (Lipinski definition) is 1. The van der Waals surface area contributed by atoms with E-state index < -0.39 is 0 Å². The fraction of sp³-hybridized carbons (Fsp3) is 0.917. The first-order valence-electron chi connectivity index (χ1n) is 6.14. The van der Waals surface area contributed by atoms with E-state index in [1.807, 2.05) is 0 Å². The molecule has 1 aliphatic rings. The zero-order chi connectivity index (χ0) is 11.6. The SMILES string of the molecule is [CH2]SCC[C@H](CO)CCCN1CCOCC1. The van der Waals surface area contributed by atoms with Crippen LogP contribution in [0.1, 0.15) is 19.3 Å². The van der Waals surface area contributed by atoms with Gasteiger partial charge in [-0.15, -0.1) is 0 Å². The third-order valence-electron chi connectivity index (χ3n) is 3.12. The van der Waals surface area contributed by atoms with E-state index in [9.17, 15) is 5.11 Å². The van der Waals surface area contributed by atoms with E-state index in [4.69, 9.17) is 4.74 Å². The first-order chi connectivity index (χ1) is 7.86. The Bertz CT molecular complexity index is 163. The van der Waals surface area contributed by atoms with Gasteiger partial charge in [-0.3, -0.25) is 4.90 Å². The number of nitrogens with zero attached hydrogens (tertiary/aromatic N) is 1. The summed E-state index contributed by atoms with van der Waals surface area (Å²) in [6, 6.07) is 0. The normalized spacial score (nSPS) is 19.9. The van der Waals surface area contributed by atoms with Crippen molar-refractivity contribution in [1.82, 2.24) is 4.90 Å². The van der Waals surface area contributed by atoms with Gasteiger partial charge in [0, 0.05) is 26.0 Å². The van der Waals surface area contributed by atoms with Crippen molar-refractivity contribution < 1.29 is 9.84 Å². The van der Waals surface area contributed by atoms with Gasteiger partial charge in [0.15, 0.2) is 0 Å². The average molecular weight is 246 g/mol. The summed E-state index contributed by atoms with van der Waals surface area (Å²) in [7, 11) is 0. The molecule has 1 rings (SSSR count). The standard InChI is InChI=1S/C12H24NO2S/c1-16-10-4-12(11-14)3-2-5-13-6-8-15-9-7-13/h12,14H,1-11H2/t12-/m1/s1. The molecular weight excluding hydrogens is 222 g/mol. The summed E-state index contributed by atoms with van der Waals surface area (Å²) < 4.78 is 5.31. The van der Waals surface area contributed by atoms with Crippen molar-refractivity contribution in [3.05, 3.63) is 6.26 Å². The Labute approximate surface area is 104 Å². The molecule has 1 aliphatic heterocycles. The molecule has 1 heterocycles. The second kappa shape index (κ2) is 9.28. The molecule has 95 valence electrons. The second-order valence-corrected chi connectivity index (χ2v) is 5.16. The molecular formula is C12H24NO2S. The number of hydrogen-bond acceptors (Lipinski definition) is 4. The van der Waals surface area contributed by atoms with Crippen molar-refractivity contribution >= 4 is 11.8 Å². The molecule has 16 heavy (non-hydrogen) atoms. The minimum Gasteiger partial charge on any atom is -0.396 e. The van der Waals surface area contributed by atoms with Crippen LogP contribution in [0.2, 0.25) is 0 Å². The van der Waals surface area contributed by atoms with Crippen LogP contribution < -0.4 is 0 Å². The lowest BCUT2D eigenvalue weighted by Crippen LogP contribution is -2.37. The highest BCUT2D eigenvalue weighted by Crippen LogP contribution is 2.14. The van der Waals surface area contributed by atoms with E-state index in [-0.39, 0.29) is 0 Å². The van der Waals surface area contributed by atoms with Gasteiger partial charge in [0.2, 0.25) is 0 Å². The average Bonchev–Trinajstić information content (AvgIpc) is 2.35. The van der Waals surface area contributed by atoms with Gasteiger partial charge in [-0.25, -0.2) is 0 Å². The van der Waals surface area contributed by atoms with Crippen molar-refractivity contribution in [2.45, 2.75) is 19.3 Å². The highest BCUT2D eigenvalue weighted by molar-refractivity contribution is 8.00. The Balaban J connectivity index is 2.02. The number of morpholine rings is 1. The van der Waals surface area contributed by atoms with Crippen LogP contribution in [0.25, 0.3) is 0 Å². The molecule has 0 bridgehead atoms. The maximum Gasteiger partial charge on any atom is 0.0594 e. The second-order valence-electron chi connectivity index (χ2n) is 4.34. The molecule has 1 saturated heterocycles. The number of rotatable bonds is 8. The molecule has 1 atom stereocenters. The highest BCUT2D eigenvalue weighted by atomic mass is 32.2. The number of ether oxygens (including phenoxy) is 1. The molecule has 0 aromatic rings. The van der Waals surface area contributed by atoms with Crippen LogP contribution in [0.5, 0.6) is 0 Å². The number of aliphatic hydroxyl groups excluding tert-OH is 1. The van der Waals surface area contributed by atoms with Crippen LogP contribution >= 0.6 is 11.8 Å². The molecule has 0 saturated carbocycles. The predicted octanol–water partition coefficient (Wildman–Crippen LogP) is 1.62. The third-order valence-corrected chi connectivity index (χ3v) is 3.64. The molecule has 4 heteroatoms. The van der Waals surface area contributed by atoms with Gasteiger partial charge in [0.05, 0.1) is 13.2 Å². The lowest BCUT2D eigenvalue weighted by atomic mass is 10.0. The number of thioether (sulfide) groups is 1. The predicted molar refractivity (Wildman–Crippen MR) is 69.5 cm³/mol. The quantitative estimate of drug-likeness (QED) is 0.705. The first-order valence-corrected chi connectivity index (χ1v) is 7.30. The van der Waals surface area contributed by atoms with Gasteiger partial charge in [-0.2, -0.15) is 11.8 Å². The van der Waals surface area contributed by atoms with Crippen molar-refractivity contribution in [1.29, 1.82) is 0 Å². The Kier molecular flexibility index (Phi) is 8.29. The van der Waals surface area contributed by atoms with E-state index in [1.165, 1.54) is 6.42 Å². The zero-order valence-electron chi connectivity index (χ0n) is 10.1.